The van der Waals surface area contributed by atoms with Gasteiger partial charge in [-0.3, -0.25) is 4.79 Å². The highest BCUT2D eigenvalue weighted by atomic mass is 16.7. The minimum Gasteiger partial charge on any atom is -0.508 e. The molecule has 2 aromatic carbocycles. The number of aromatic hydroxyl groups is 5. The van der Waals surface area contributed by atoms with Gasteiger partial charge in [0.2, 0.25) is 23.2 Å². The Labute approximate surface area is 189 Å². The van der Waals surface area contributed by atoms with E-state index in [0.717, 1.165) is 24.3 Å². The van der Waals surface area contributed by atoms with Gasteiger partial charge in [0.1, 0.15) is 46.9 Å². The fraction of sp³-hybridized carbons (Fsp3) is 0.286. The van der Waals surface area contributed by atoms with Crippen LogP contribution >= 0.6 is 0 Å². The van der Waals surface area contributed by atoms with Crippen molar-refractivity contribution in [3.63, 3.8) is 0 Å². The lowest BCUT2D eigenvalue weighted by Crippen LogP contribution is -2.60. The highest BCUT2D eigenvalue weighted by Crippen LogP contribution is 2.43. The van der Waals surface area contributed by atoms with Gasteiger partial charge >= 0.3 is 0 Å². The van der Waals surface area contributed by atoms with Crippen LogP contribution in [0.1, 0.15) is 0 Å². The molecule has 1 aliphatic rings. The Morgan fingerprint density at radius 3 is 2.24 bits per heavy atom. The minimum absolute atomic E-state index is 0.214. The van der Waals surface area contributed by atoms with Crippen molar-refractivity contribution in [2.45, 2.75) is 30.7 Å². The molecule has 13 nitrogen and oxygen atoms in total. The Kier molecular flexibility index (Phi) is 5.89. The average Bonchev–Trinajstić information content (AvgIpc) is 2.78. The average molecular weight is 480 g/mol. The van der Waals surface area contributed by atoms with E-state index in [0.29, 0.717) is 0 Å². The van der Waals surface area contributed by atoms with E-state index in [9.17, 15) is 50.8 Å². The van der Waals surface area contributed by atoms with Gasteiger partial charge in [-0.1, -0.05) is 0 Å². The Balaban J connectivity index is 1.79. The van der Waals surface area contributed by atoms with Crippen LogP contribution in [0.25, 0.3) is 22.3 Å². The summed E-state index contributed by atoms with van der Waals surface area (Å²) >= 11 is 0. The van der Waals surface area contributed by atoms with Crippen LogP contribution in [0, 0.1) is 0 Å². The maximum absolute atomic E-state index is 12.6. The Bertz CT molecular complexity index is 1300. The number of hydrogen-bond acceptors (Lipinski definition) is 13. The van der Waals surface area contributed by atoms with E-state index in [2.05, 4.69) is 0 Å². The lowest BCUT2D eigenvalue weighted by atomic mass is 9.99. The van der Waals surface area contributed by atoms with Crippen molar-refractivity contribution in [3.05, 3.63) is 34.5 Å². The molecule has 13 heteroatoms. The molecule has 5 unspecified atom stereocenters. The van der Waals surface area contributed by atoms with Crippen molar-refractivity contribution in [1.29, 1.82) is 0 Å². The highest BCUT2D eigenvalue weighted by Gasteiger charge is 2.45. The summed E-state index contributed by atoms with van der Waals surface area (Å²) in [6, 6.07) is 3.77. The third kappa shape index (κ3) is 3.81. The number of benzene rings is 2. The molecular formula is C21H20O13. The molecular weight excluding hydrogens is 460 g/mol. The summed E-state index contributed by atoms with van der Waals surface area (Å²) < 4.78 is 16.0. The summed E-state index contributed by atoms with van der Waals surface area (Å²) in [5.74, 6) is -4.80. The summed E-state index contributed by atoms with van der Waals surface area (Å²) in [6.45, 7) is -0.738. The van der Waals surface area contributed by atoms with Crippen molar-refractivity contribution in [2.24, 2.45) is 0 Å². The van der Waals surface area contributed by atoms with Gasteiger partial charge in [0.25, 0.3) is 0 Å². The molecule has 0 radical (unpaired) electrons. The number of aliphatic hydroxyl groups is 4. The fourth-order valence-corrected chi connectivity index (χ4v) is 3.57. The minimum atomic E-state index is -1.83. The molecule has 1 aliphatic heterocycles. The molecule has 5 atom stereocenters. The molecule has 0 amide bonds. The third-order valence-corrected chi connectivity index (χ3v) is 5.34. The Hall–Kier alpha value is -3.75. The molecule has 1 fully saturated rings. The molecule has 0 aliphatic carbocycles. The van der Waals surface area contributed by atoms with Crippen LogP contribution < -0.4 is 10.2 Å². The summed E-state index contributed by atoms with van der Waals surface area (Å²) in [6.07, 6.45) is -8.31. The van der Waals surface area contributed by atoms with Crippen molar-refractivity contribution < 1.29 is 59.8 Å². The van der Waals surface area contributed by atoms with Gasteiger partial charge < -0.3 is 59.8 Å². The lowest BCUT2D eigenvalue weighted by Gasteiger charge is -2.39. The van der Waals surface area contributed by atoms with E-state index in [1.807, 2.05) is 0 Å². The number of phenols is 4. The van der Waals surface area contributed by atoms with Crippen molar-refractivity contribution in [3.8, 4) is 45.8 Å². The molecule has 9 N–H and O–H groups in total. The topological polar surface area (TPSA) is 231 Å². The highest BCUT2D eigenvalue weighted by molar-refractivity contribution is 5.88. The molecule has 0 spiro atoms. The second-order valence-corrected chi connectivity index (χ2v) is 7.60. The van der Waals surface area contributed by atoms with E-state index >= 15 is 0 Å². The van der Waals surface area contributed by atoms with E-state index in [1.54, 1.807) is 0 Å². The standard InChI is InChI=1S/C21H20O13/c22-5-12-15(27)17(29)19(31)21(34-12)33-11-2-6(1-9(25)14(11)26)20-18(30)16(28)13-8(24)3-7(23)4-10(13)32-20/h1-4,12,15,17,19,21-27,29-31H,5H2. The van der Waals surface area contributed by atoms with Gasteiger partial charge in [-0.25, -0.2) is 0 Å². The second kappa shape index (κ2) is 8.55. The third-order valence-electron chi connectivity index (χ3n) is 5.34. The molecule has 4 rings (SSSR count). The normalized spacial score (nSPS) is 24.9. The maximum Gasteiger partial charge on any atom is 0.238 e. The molecule has 1 saturated heterocycles. The van der Waals surface area contributed by atoms with E-state index in [4.69, 9.17) is 13.9 Å². The van der Waals surface area contributed by atoms with Crippen LogP contribution in [0.15, 0.2) is 33.5 Å². The van der Waals surface area contributed by atoms with Crippen molar-refractivity contribution in [1.82, 2.24) is 0 Å². The van der Waals surface area contributed by atoms with Crippen LogP contribution in [0.3, 0.4) is 0 Å². The molecule has 0 bridgehead atoms. The zero-order chi connectivity index (χ0) is 24.9. The summed E-state index contributed by atoms with van der Waals surface area (Å²) in [7, 11) is 0. The number of phenolic OH excluding ortho intramolecular Hbond substituents is 4. The van der Waals surface area contributed by atoms with Gasteiger partial charge in [-0.05, 0) is 12.1 Å². The zero-order valence-corrected chi connectivity index (χ0v) is 17.1. The Morgan fingerprint density at radius 2 is 1.56 bits per heavy atom. The summed E-state index contributed by atoms with van der Waals surface area (Å²) in [4.78, 5) is 12.6. The quantitative estimate of drug-likeness (QED) is 0.208. The lowest BCUT2D eigenvalue weighted by molar-refractivity contribution is -0.277. The van der Waals surface area contributed by atoms with Gasteiger partial charge in [-0.2, -0.15) is 0 Å². The first-order chi connectivity index (χ1) is 16.0. The predicted molar refractivity (Wildman–Crippen MR) is 111 cm³/mol. The van der Waals surface area contributed by atoms with Gasteiger partial charge in [0.15, 0.2) is 17.3 Å². The first-order valence-corrected chi connectivity index (χ1v) is 9.78. The molecule has 34 heavy (non-hydrogen) atoms. The van der Waals surface area contributed by atoms with Crippen LogP contribution in [-0.4, -0.2) is 83.3 Å². The van der Waals surface area contributed by atoms with Crippen molar-refractivity contribution >= 4 is 11.0 Å². The largest absolute Gasteiger partial charge is 0.508 e. The van der Waals surface area contributed by atoms with E-state index in [-0.39, 0.29) is 11.1 Å². The second-order valence-electron chi connectivity index (χ2n) is 7.60. The Morgan fingerprint density at radius 1 is 0.853 bits per heavy atom. The van der Waals surface area contributed by atoms with Crippen molar-refractivity contribution in [2.75, 3.05) is 6.61 Å². The SMILES string of the molecule is O=c1c(O)c(-c2cc(O)c(O)c(OC3OC(CO)C(O)C(O)C3O)c2)oc2cc(O)cc(O)c12. The molecule has 2 heterocycles. The zero-order valence-electron chi connectivity index (χ0n) is 17.1. The molecule has 0 saturated carbocycles. The molecule has 1 aromatic heterocycles. The molecule has 182 valence electrons. The van der Waals surface area contributed by atoms with E-state index in [1.165, 1.54) is 0 Å². The predicted octanol–water partition coefficient (Wildman–Crippen LogP) is -0.833. The smallest absolute Gasteiger partial charge is 0.238 e. The summed E-state index contributed by atoms with van der Waals surface area (Å²) in [5.41, 5.74) is -1.58. The maximum atomic E-state index is 12.6. The monoisotopic (exact) mass is 480 g/mol. The van der Waals surface area contributed by atoms with Gasteiger partial charge in [-0.15, -0.1) is 0 Å². The fourth-order valence-electron chi connectivity index (χ4n) is 3.57. The van der Waals surface area contributed by atoms with Gasteiger partial charge in [0, 0.05) is 17.7 Å². The number of rotatable bonds is 4. The van der Waals surface area contributed by atoms with Gasteiger partial charge in [0.05, 0.1) is 6.61 Å². The molecule has 3 aromatic rings. The summed E-state index contributed by atoms with van der Waals surface area (Å²) in [5, 5.41) is 89.1. The van der Waals surface area contributed by atoms with E-state index < -0.39 is 88.4 Å². The number of fused-ring (bicyclic) bond motifs is 1. The first-order valence-electron chi connectivity index (χ1n) is 9.78. The number of ether oxygens (including phenoxy) is 2. The van der Waals surface area contributed by atoms with Crippen LogP contribution in [0.2, 0.25) is 0 Å². The number of hydrogen-bond donors (Lipinski definition) is 9. The first kappa shape index (κ1) is 23.4. The van der Waals surface area contributed by atoms with Crippen LogP contribution in [0.5, 0.6) is 34.5 Å². The van der Waals surface area contributed by atoms with Crippen LogP contribution in [-0.2, 0) is 4.74 Å². The van der Waals surface area contributed by atoms with Crippen LogP contribution in [0.4, 0.5) is 0 Å². The number of aliphatic hydroxyl groups excluding tert-OH is 4.